The summed E-state index contributed by atoms with van der Waals surface area (Å²) < 4.78 is 0. The van der Waals surface area contributed by atoms with E-state index in [0.717, 1.165) is 44.7 Å². The quantitative estimate of drug-likeness (QED) is 0.820. The van der Waals surface area contributed by atoms with Gasteiger partial charge in [0.1, 0.15) is 0 Å². The largest absolute Gasteiger partial charge is 0.341 e. The molecule has 2 aliphatic heterocycles. The Bertz CT molecular complexity index is 715. The van der Waals surface area contributed by atoms with Gasteiger partial charge in [0.15, 0.2) is 0 Å². The van der Waals surface area contributed by atoms with Crippen molar-refractivity contribution < 1.29 is 9.59 Å². The van der Waals surface area contributed by atoms with Gasteiger partial charge >= 0.3 is 6.03 Å². The number of rotatable bonds is 4. The van der Waals surface area contributed by atoms with Crippen LogP contribution in [0.15, 0.2) is 24.3 Å². The number of nitrogens with zero attached hydrogens (tertiary/aromatic N) is 3. The second-order valence-electron chi connectivity index (χ2n) is 9.19. The Morgan fingerprint density at radius 1 is 0.833 bits per heavy atom. The van der Waals surface area contributed by atoms with Crippen LogP contribution in [0, 0.1) is 12.8 Å². The van der Waals surface area contributed by atoms with Crippen molar-refractivity contribution in [1.82, 2.24) is 14.7 Å². The van der Waals surface area contributed by atoms with E-state index in [9.17, 15) is 9.59 Å². The minimum atomic E-state index is -0.0433. The lowest BCUT2D eigenvalue weighted by atomic mass is 9.93. The molecule has 3 fully saturated rings. The maximum atomic E-state index is 13.5. The van der Waals surface area contributed by atoms with E-state index < -0.39 is 0 Å². The first-order valence-corrected chi connectivity index (χ1v) is 11.8. The molecule has 1 aliphatic carbocycles. The molecule has 2 heterocycles. The highest BCUT2D eigenvalue weighted by Crippen LogP contribution is 2.32. The molecule has 0 bridgehead atoms. The molecule has 6 heteroatoms. The van der Waals surface area contributed by atoms with Crippen molar-refractivity contribution >= 4 is 17.6 Å². The molecule has 1 saturated carbocycles. The molecule has 1 N–H and O–H groups in total. The highest BCUT2D eigenvalue weighted by Gasteiger charge is 2.39. The number of carbonyl (C=O) groups is 2. The van der Waals surface area contributed by atoms with E-state index in [1.165, 1.54) is 37.7 Å². The van der Waals surface area contributed by atoms with Crippen LogP contribution in [-0.2, 0) is 4.79 Å². The van der Waals surface area contributed by atoms with Crippen LogP contribution in [0.4, 0.5) is 10.5 Å². The zero-order chi connectivity index (χ0) is 20.9. The molecular formula is C24H36N4O2. The molecule has 164 valence electrons. The van der Waals surface area contributed by atoms with Gasteiger partial charge in [0, 0.05) is 45.0 Å². The third-order valence-electron chi connectivity index (χ3n) is 7.06. The molecule has 3 amide bonds. The first kappa shape index (κ1) is 21.2. The number of aryl methyl sites for hydroxylation is 1. The van der Waals surface area contributed by atoms with Crippen molar-refractivity contribution in [2.45, 2.75) is 57.9 Å². The monoisotopic (exact) mass is 412 g/mol. The Morgan fingerprint density at radius 3 is 2.10 bits per heavy atom. The molecule has 1 aromatic carbocycles. The van der Waals surface area contributed by atoms with Crippen LogP contribution >= 0.6 is 0 Å². The molecule has 0 unspecified atom stereocenters. The van der Waals surface area contributed by atoms with Gasteiger partial charge in [0.25, 0.3) is 0 Å². The summed E-state index contributed by atoms with van der Waals surface area (Å²) in [5.41, 5.74) is 2.01. The standard InChI is InChI=1S/C24H36N4O2/c1-19-9-11-21(12-10-19)25-24(30)28-17-15-26(16-18-28)22(20-7-3-4-8-20)23(29)27-13-5-2-6-14-27/h9-12,20,22H,2-8,13-18H2,1H3,(H,25,30)/t22-/m1/s1. The topological polar surface area (TPSA) is 55.9 Å². The fourth-order valence-corrected chi connectivity index (χ4v) is 5.27. The molecule has 6 nitrogen and oxygen atoms in total. The van der Waals surface area contributed by atoms with Crippen molar-refractivity contribution in [2.75, 3.05) is 44.6 Å². The first-order chi connectivity index (χ1) is 14.6. The Hall–Kier alpha value is -2.08. The second kappa shape index (κ2) is 9.82. The summed E-state index contributed by atoms with van der Waals surface area (Å²) >= 11 is 0. The molecule has 1 atom stereocenters. The molecule has 30 heavy (non-hydrogen) atoms. The van der Waals surface area contributed by atoms with Crippen molar-refractivity contribution in [3.63, 3.8) is 0 Å². The molecule has 0 radical (unpaired) electrons. The minimum Gasteiger partial charge on any atom is -0.341 e. The van der Waals surface area contributed by atoms with Crippen LogP contribution in [-0.4, -0.2) is 71.9 Å². The van der Waals surface area contributed by atoms with Gasteiger partial charge in [0.2, 0.25) is 5.91 Å². The molecular weight excluding hydrogens is 376 g/mol. The fourth-order valence-electron chi connectivity index (χ4n) is 5.27. The van der Waals surface area contributed by atoms with E-state index in [2.05, 4.69) is 15.1 Å². The summed E-state index contributed by atoms with van der Waals surface area (Å²) in [6, 6.07) is 7.86. The number of nitrogens with one attached hydrogen (secondary N) is 1. The first-order valence-electron chi connectivity index (χ1n) is 11.8. The Morgan fingerprint density at radius 2 is 1.47 bits per heavy atom. The fraction of sp³-hybridized carbons (Fsp3) is 0.667. The Kier molecular flexibility index (Phi) is 6.93. The van der Waals surface area contributed by atoms with Crippen molar-refractivity contribution in [1.29, 1.82) is 0 Å². The number of amides is 3. The maximum absolute atomic E-state index is 13.5. The van der Waals surface area contributed by atoms with Gasteiger partial charge in [-0.3, -0.25) is 9.69 Å². The summed E-state index contributed by atoms with van der Waals surface area (Å²) in [6.45, 7) is 6.78. The van der Waals surface area contributed by atoms with E-state index in [0.29, 0.717) is 24.9 Å². The van der Waals surface area contributed by atoms with Crippen LogP contribution in [0.2, 0.25) is 0 Å². The molecule has 2 saturated heterocycles. The van der Waals surface area contributed by atoms with Crippen LogP contribution in [0.25, 0.3) is 0 Å². The lowest BCUT2D eigenvalue weighted by molar-refractivity contribution is -0.140. The van der Waals surface area contributed by atoms with Gasteiger partial charge in [0.05, 0.1) is 6.04 Å². The average molecular weight is 413 g/mol. The summed E-state index contributed by atoms with van der Waals surface area (Å²) in [7, 11) is 0. The number of piperazine rings is 1. The zero-order valence-electron chi connectivity index (χ0n) is 18.3. The van der Waals surface area contributed by atoms with Gasteiger partial charge < -0.3 is 15.1 Å². The predicted molar refractivity (Wildman–Crippen MR) is 120 cm³/mol. The molecule has 3 aliphatic rings. The summed E-state index contributed by atoms with van der Waals surface area (Å²) in [6.07, 6.45) is 8.33. The highest BCUT2D eigenvalue weighted by atomic mass is 16.2. The van der Waals surface area contributed by atoms with Crippen LogP contribution in [0.5, 0.6) is 0 Å². The van der Waals surface area contributed by atoms with Crippen LogP contribution in [0.3, 0.4) is 0 Å². The number of likely N-dealkylation sites (tertiary alicyclic amines) is 1. The SMILES string of the molecule is Cc1ccc(NC(=O)N2CCN([C@@H](C(=O)N3CCCCC3)C3CCCC3)CC2)cc1. The zero-order valence-corrected chi connectivity index (χ0v) is 18.3. The third-order valence-corrected chi connectivity index (χ3v) is 7.06. The summed E-state index contributed by atoms with van der Waals surface area (Å²) in [5, 5.41) is 3.01. The molecule has 1 aromatic rings. The summed E-state index contributed by atoms with van der Waals surface area (Å²) in [4.78, 5) is 32.5. The number of anilines is 1. The Balaban J connectivity index is 1.36. The molecule has 0 spiro atoms. The predicted octanol–water partition coefficient (Wildman–Crippen LogP) is 3.72. The van der Waals surface area contributed by atoms with E-state index in [1.807, 2.05) is 36.1 Å². The van der Waals surface area contributed by atoms with E-state index in [4.69, 9.17) is 0 Å². The number of urea groups is 1. The van der Waals surface area contributed by atoms with Crippen molar-refractivity contribution in [2.24, 2.45) is 5.92 Å². The van der Waals surface area contributed by atoms with Gasteiger partial charge in [-0.15, -0.1) is 0 Å². The van der Waals surface area contributed by atoms with E-state index in [-0.39, 0.29) is 12.1 Å². The lowest BCUT2D eigenvalue weighted by Gasteiger charge is -2.43. The summed E-state index contributed by atoms with van der Waals surface area (Å²) in [5.74, 6) is 0.825. The number of carbonyl (C=O) groups excluding carboxylic acids is 2. The van der Waals surface area contributed by atoms with Gasteiger partial charge in [-0.25, -0.2) is 4.79 Å². The number of hydrogen-bond donors (Lipinski definition) is 1. The number of hydrogen-bond acceptors (Lipinski definition) is 3. The lowest BCUT2D eigenvalue weighted by Crippen LogP contribution is -2.59. The third kappa shape index (κ3) is 4.97. The average Bonchev–Trinajstić information content (AvgIpc) is 3.31. The Labute approximate surface area is 180 Å². The van der Waals surface area contributed by atoms with E-state index >= 15 is 0 Å². The molecule has 0 aromatic heterocycles. The van der Waals surface area contributed by atoms with Crippen molar-refractivity contribution in [3.05, 3.63) is 29.8 Å². The number of benzene rings is 1. The van der Waals surface area contributed by atoms with Crippen LogP contribution in [0.1, 0.15) is 50.5 Å². The second-order valence-corrected chi connectivity index (χ2v) is 9.19. The van der Waals surface area contributed by atoms with Crippen molar-refractivity contribution in [3.8, 4) is 0 Å². The normalized spacial score (nSPS) is 22.2. The number of piperidine rings is 1. The maximum Gasteiger partial charge on any atom is 0.321 e. The van der Waals surface area contributed by atoms with Gasteiger partial charge in [-0.1, -0.05) is 30.5 Å². The van der Waals surface area contributed by atoms with E-state index in [1.54, 1.807) is 0 Å². The smallest absolute Gasteiger partial charge is 0.321 e. The van der Waals surface area contributed by atoms with Crippen LogP contribution < -0.4 is 5.32 Å². The van der Waals surface area contributed by atoms with Gasteiger partial charge in [-0.2, -0.15) is 0 Å². The molecule has 4 rings (SSSR count). The minimum absolute atomic E-state index is 0.00732. The van der Waals surface area contributed by atoms with Gasteiger partial charge in [-0.05, 0) is 57.1 Å². The highest BCUT2D eigenvalue weighted by molar-refractivity contribution is 5.89.